The monoisotopic (exact) mass is 351 g/mol. The Hall–Kier alpha value is -0.880. The van der Waals surface area contributed by atoms with Gasteiger partial charge in [0.1, 0.15) is 5.82 Å². The molecular weight excluding hydrogens is 329 g/mol. The van der Waals surface area contributed by atoms with Gasteiger partial charge in [0.25, 0.3) is 0 Å². The second kappa shape index (κ2) is 6.08. The number of rotatable bonds is 2. The molecule has 114 valence electrons. The summed E-state index contributed by atoms with van der Waals surface area (Å²) in [4.78, 5) is 0. The van der Waals surface area contributed by atoms with Crippen molar-refractivity contribution in [2.75, 3.05) is 0 Å². The van der Waals surface area contributed by atoms with Crippen molar-refractivity contribution in [1.82, 2.24) is 0 Å². The molecule has 0 unspecified atom stereocenters. The zero-order valence-corrected chi connectivity index (χ0v) is 14.6. The van der Waals surface area contributed by atoms with Crippen molar-refractivity contribution in [3.05, 3.63) is 34.1 Å². The fraction of sp³-hybridized carbons (Fsp3) is 0.611. The van der Waals surface area contributed by atoms with E-state index in [4.69, 9.17) is 0 Å². The van der Waals surface area contributed by atoms with Crippen LogP contribution in [0.3, 0.4) is 0 Å². The molecule has 0 radical (unpaired) electrons. The number of halogens is 2. The van der Waals surface area contributed by atoms with E-state index < -0.39 is 5.41 Å². The van der Waals surface area contributed by atoms with Crippen LogP contribution in [0.15, 0.2) is 22.7 Å². The average Bonchev–Trinajstić information content (AvgIpc) is 2.42. The summed E-state index contributed by atoms with van der Waals surface area (Å²) in [6.45, 7) is 6.81. The normalized spacial score (nSPS) is 26.4. The van der Waals surface area contributed by atoms with E-state index in [2.05, 4.69) is 42.8 Å². The molecule has 0 N–H and O–H groups in total. The van der Waals surface area contributed by atoms with Crippen LogP contribution in [0.2, 0.25) is 0 Å². The molecule has 1 fully saturated rings. The highest BCUT2D eigenvalue weighted by molar-refractivity contribution is 9.10. The first-order valence-electron chi connectivity index (χ1n) is 7.61. The standard InChI is InChI=1S/C18H23BrFN/c1-17(2,3)14-6-8-18(12-21,9-7-14)11-13-10-15(19)4-5-16(13)20/h4-5,10,14H,6-9,11H2,1-3H3. The van der Waals surface area contributed by atoms with Crippen molar-refractivity contribution in [3.8, 4) is 6.07 Å². The van der Waals surface area contributed by atoms with Crippen LogP contribution in [0, 0.1) is 33.9 Å². The highest BCUT2D eigenvalue weighted by atomic mass is 79.9. The van der Waals surface area contributed by atoms with E-state index in [9.17, 15) is 9.65 Å². The summed E-state index contributed by atoms with van der Waals surface area (Å²) in [6.07, 6.45) is 4.39. The van der Waals surface area contributed by atoms with Gasteiger partial charge in [-0.05, 0) is 67.2 Å². The van der Waals surface area contributed by atoms with Crippen molar-refractivity contribution in [3.63, 3.8) is 0 Å². The molecule has 1 aliphatic rings. The van der Waals surface area contributed by atoms with Crippen LogP contribution in [0.5, 0.6) is 0 Å². The minimum Gasteiger partial charge on any atom is -0.207 e. The lowest BCUT2D eigenvalue weighted by Gasteiger charge is -2.40. The molecule has 0 atom stereocenters. The molecule has 21 heavy (non-hydrogen) atoms. The van der Waals surface area contributed by atoms with Gasteiger partial charge in [0.2, 0.25) is 0 Å². The highest BCUT2D eigenvalue weighted by Crippen LogP contribution is 2.46. The molecule has 0 saturated heterocycles. The highest BCUT2D eigenvalue weighted by Gasteiger charge is 2.39. The van der Waals surface area contributed by atoms with Crippen LogP contribution >= 0.6 is 15.9 Å². The lowest BCUT2D eigenvalue weighted by molar-refractivity contribution is 0.120. The Labute approximate surface area is 135 Å². The topological polar surface area (TPSA) is 23.8 Å². The summed E-state index contributed by atoms with van der Waals surface area (Å²) in [7, 11) is 0. The molecule has 0 amide bonds. The number of hydrogen-bond donors (Lipinski definition) is 0. The van der Waals surface area contributed by atoms with Gasteiger partial charge in [-0.15, -0.1) is 0 Å². The summed E-state index contributed by atoms with van der Waals surface area (Å²) in [5, 5.41) is 9.67. The van der Waals surface area contributed by atoms with Gasteiger partial charge in [0, 0.05) is 4.47 Å². The third-order valence-electron chi connectivity index (χ3n) is 4.94. The van der Waals surface area contributed by atoms with E-state index in [-0.39, 0.29) is 5.82 Å². The maximum absolute atomic E-state index is 14.0. The average molecular weight is 352 g/mol. The van der Waals surface area contributed by atoms with E-state index in [0.717, 1.165) is 30.2 Å². The third-order valence-corrected chi connectivity index (χ3v) is 5.43. The molecule has 3 heteroatoms. The minimum absolute atomic E-state index is 0.203. The Bertz CT molecular complexity index is 545. The second-order valence-electron chi connectivity index (χ2n) is 7.44. The van der Waals surface area contributed by atoms with Crippen LogP contribution in [0.25, 0.3) is 0 Å². The molecule has 1 aromatic carbocycles. The SMILES string of the molecule is CC(C)(C)C1CCC(C#N)(Cc2cc(Br)ccc2F)CC1. The third kappa shape index (κ3) is 3.86. The van der Waals surface area contributed by atoms with Crippen molar-refractivity contribution in [1.29, 1.82) is 5.26 Å². The zero-order chi connectivity index (χ0) is 15.7. The number of nitrogens with zero attached hydrogens (tertiary/aromatic N) is 1. The Kier molecular flexibility index (Phi) is 4.78. The van der Waals surface area contributed by atoms with Crippen molar-refractivity contribution in [2.24, 2.45) is 16.7 Å². The lowest BCUT2D eigenvalue weighted by Crippen LogP contribution is -2.33. The first kappa shape index (κ1) is 16.5. The molecule has 2 rings (SSSR count). The Morgan fingerprint density at radius 2 is 1.95 bits per heavy atom. The quantitative estimate of drug-likeness (QED) is 0.652. The maximum atomic E-state index is 14.0. The first-order chi connectivity index (χ1) is 9.76. The summed E-state index contributed by atoms with van der Waals surface area (Å²) in [6, 6.07) is 7.49. The molecule has 0 aromatic heterocycles. The summed E-state index contributed by atoms with van der Waals surface area (Å²) >= 11 is 3.39. The lowest BCUT2D eigenvalue weighted by atomic mass is 9.63. The molecule has 0 heterocycles. The maximum Gasteiger partial charge on any atom is 0.126 e. The molecule has 1 aromatic rings. The fourth-order valence-electron chi connectivity index (χ4n) is 3.41. The Balaban J connectivity index is 2.14. The van der Waals surface area contributed by atoms with Crippen LogP contribution < -0.4 is 0 Å². The predicted molar refractivity (Wildman–Crippen MR) is 87.3 cm³/mol. The zero-order valence-electron chi connectivity index (χ0n) is 13.0. The Morgan fingerprint density at radius 1 is 1.33 bits per heavy atom. The molecule has 1 nitrogen and oxygen atoms in total. The number of hydrogen-bond acceptors (Lipinski definition) is 1. The molecule has 0 bridgehead atoms. The van der Waals surface area contributed by atoms with Crippen LogP contribution in [-0.4, -0.2) is 0 Å². The first-order valence-corrected chi connectivity index (χ1v) is 8.40. The van der Waals surface area contributed by atoms with E-state index in [1.165, 1.54) is 6.07 Å². The smallest absolute Gasteiger partial charge is 0.126 e. The molecule has 1 saturated carbocycles. The number of benzene rings is 1. The summed E-state index contributed by atoms with van der Waals surface area (Å²) in [5.74, 6) is 0.456. The Morgan fingerprint density at radius 3 is 2.48 bits per heavy atom. The van der Waals surface area contributed by atoms with E-state index in [1.807, 2.05) is 6.07 Å². The molecule has 1 aliphatic carbocycles. The van der Waals surface area contributed by atoms with Gasteiger partial charge in [-0.2, -0.15) is 5.26 Å². The van der Waals surface area contributed by atoms with Crippen LogP contribution in [0.1, 0.15) is 52.0 Å². The van der Waals surface area contributed by atoms with Gasteiger partial charge in [-0.25, -0.2) is 4.39 Å². The summed E-state index contributed by atoms with van der Waals surface area (Å²) < 4.78 is 14.8. The number of nitriles is 1. The fourth-order valence-corrected chi connectivity index (χ4v) is 3.82. The molecule has 0 aliphatic heterocycles. The van der Waals surface area contributed by atoms with Gasteiger partial charge < -0.3 is 0 Å². The largest absolute Gasteiger partial charge is 0.207 e. The van der Waals surface area contributed by atoms with Crippen LogP contribution in [-0.2, 0) is 6.42 Å². The molecular formula is C18H23BrFN. The van der Waals surface area contributed by atoms with Crippen molar-refractivity contribution >= 4 is 15.9 Å². The van der Waals surface area contributed by atoms with Crippen LogP contribution in [0.4, 0.5) is 4.39 Å². The predicted octanol–water partition coefficient (Wildman–Crippen LogP) is 5.88. The minimum atomic E-state index is -0.399. The van der Waals surface area contributed by atoms with E-state index >= 15 is 0 Å². The molecule has 0 spiro atoms. The van der Waals surface area contributed by atoms with Gasteiger partial charge in [0.15, 0.2) is 0 Å². The second-order valence-corrected chi connectivity index (χ2v) is 8.36. The van der Waals surface area contributed by atoms with E-state index in [1.54, 1.807) is 6.07 Å². The van der Waals surface area contributed by atoms with Crippen molar-refractivity contribution < 1.29 is 4.39 Å². The van der Waals surface area contributed by atoms with Gasteiger partial charge >= 0.3 is 0 Å². The van der Waals surface area contributed by atoms with Gasteiger partial charge in [0.05, 0.1) is 11.5 Å². The summed E-state index contributed by atoms with van der Waals surface area (Å²) in [5.41, 5.74) is 0.548. The van der Waals surface area contributed by atoms with E-state index in [0.29, 0.717) is 23.3 Å². The van der Waals surface area contributed by atoms with Crippen molar-refractivity contribution in [2.45, 2.75) is 52.9 Å². The van der Waals surface area contributed by atoms with Gasteiger partial charge in [-0.1, -0.05) is 36.7 Å². The van der Waals surface area contributed by atoms with Gasteiger partial charge in [-0.3, -0.25) is 0 Å².